The Balaban J connectivity index is 2.06. The standard InChI is InChI=1S/C15H8ClF3N2O/c16-10-5-3-9(4-6-10)13-12(8-11-2-1-7-22-11)14(21-20-13)15(17,18)19/h1-8H/b12-8-. The van der Waals surface area contributed by atoms with Crippen LogP contribution in [0.4, 0.5) is 13.2 Å². The first-order valence-corrected chi connectivity index (χ1v) is 6.57. The van der Waals surface area contributed by atoms with E-state index in [-0.39, 0.29) is 17.0 Å². The van der Waals surface area contributed by atoms with E-state index < -0.39 is 11.9 Å². The minimum atomic E-state index is -4.60. The van der Waals surface area contributed by atoms with Crippen molar-refractivity contribution >= 4 is 29.1 Å². The van der Waals surface area contributed by atoms with Gasteiger partial charge in [-0.1, -0.05) is 23.7 Å². The van der Waals surface area contributed by atoms with Crippen molar-refractivity contribution in [3.8, 4) is 0 Å². The van der Waals surface area contributed by atoms with Crippen molar-refractivity contribution in [1.82, 2.24) is 0 Å². The van der Waals surface area contributed by atoms with E-state index in [0.717, 1.165) is 0 Å². The van der Waals surface area contributed by atoms with Crippen LogP contribution in [0.15, 0.2) is 62.9 Å². The Bertz CT molecular complexity index is 772. The molecule has 0 aliphatic carbocycles. The first-order chi connectivity index (χ1) is 10.4. The van der Waals surface area contributed by atoms with E-state index in [0.29, 0.717) is 10.6 Å². The first-order valence-electron chi connectivity index (χ1n) is 6.20. The lowest BCUT2D eigenvalue weighted by molar-refractivity contribution is -0.0579. The number of allylic oxidation sites excluding steroid dienone is 1. The summed E-state index contributed by atoms with van der Waals surface area (Å²) in [5, 5.41) is 7.45. The summed E-state index contributed by atoms with van der Waals surface area (Å²) in [6.45, 7) is 0. The molecule has 0 spiro atoms. The van der Waals surface area contributed by atoms with Crippen LogP contribution in [0.2, 0.25) is 5.02 Å². The molecule has 1 aliphatic heterocycles. The van der Waals surface area contributed by atoms with Gasteiger partial charge in [-0.3, -0.25) is 0 Å². The van der Waals surface area contributed by atoms with Crippen molar-refractivity contribution in [3.63, 3.8) is 0 Å². The molecule has 0 amide bonds. The molecule has 112 valence electrons. The fourth-order valence-electron chi connectivity index (χ4n) is 2.00. The highest BCUT2D eigenvalue weighted by Crippen LogP contribution is 2.30. The van der Waals surface area contributed by atoms with E-state index in [9.17, 15) is 13.2 Å². The van der Waals surface area contributed by atoms with Gasteiger partial charge in [-0.15, -0.1) is 10.2 Å². The zero-order chi connectivity index (χ0) is 15.7. The highest BCUT2D eigenvalue weighted by atomic mass is 35.5. The molecule has 3 nitrogen and oxygen atoms in total. The lowest BCUT2D eigenvalue weighted by atomic mass is 9.98. The second-order valence-electron chi connectivity index (χ2n) is 4.48. The molecule has 0 unspecified atom stereocenters. The average Bonchev–Trinajstić information content (AvgIpc) is 3.09. The van der Waals surface area contributed by atoms with Gasteiger partial charge >= 0.3 is 6.18 Å². The molecule has 1 aliphatic rings. The molecule has 2 heterocycles. The Morgan fingerprint density at radius 2 is 1.77 bits per heavy atom. The van der Waals surface area contributed by atoms with Crippen LogP contribution >= 0.6 is 11.6 Å². The van der Waals surface area contributed by atoms with Crippen LogP contribution in [-0.2, 0) is 0 Å². The molecule has 22 heavy (non-hydrogen) atoms. The molecule has 0 N–H and O–H groups in total. The van der Waals surface area contributed by atoms with E-state index in [1.807, 2.05) is 0 Å². The van der Waals surface area contributed by atoms with Gasteiger partial charge in [0.2, 0.25) is 0 Å². The van der Waals surface area contributed by atoms with Crippen molar-refractivity contribution in [3.05, 3.63) is 64.6 Å². The molecule has 2 aromatic rings. The van der Waals surface area contributed by atoms with Crippen LogP contribution in [0, 0.1) is 0 Å². The van der Waals surface area contributed by atoms with Crippen LogP contribution in [0.1, 0.15) is 11.3 Å². The molecule has 0 fully saturated rings. The van der Waals surface area contributed by atoms with Gasteiger partial charge in [0.1, 0.15) is 11.5 Å². The van der Waals surface area contributed by atoms with Crippen molar-refractivity contribution in [2.45, 2.75) is 6.18 Å². The largest absolute Gasteiger partial charge is 0.465 e. The molecule has 1 aromatic carbocycles. The normalized spacial score (nSPS) is 16.8. The zero-order valence-corrected chi connectivity index (χ0v) is 11.7. The molecular formula is C15H8ClF3N2O. The van der Waals surface area contributed by atoms with E-state index in [1.165, 1.54) is 12.3 Å². The number of halogens is 4. The summed E-state index contributed by atoms with van der Waals surface area (Å²) in [5.41, 5.74) is -0.566. The van der Waals surface area contributed by atoms with Crippen LogP contribution in [0.25, 0.3) is 6.08 Å². The summed E-state index contributed by atoms with van der Waals surface area (Å²) in [7, 11) is 0. The van der Waals surface area contributed by atoms with Crippen molar-refractivity contribution in [1.29, 1.82) is 0 Å². The monoisotopic (exact) mass is 324 g/mol. The molecule has 3 rings (SSSR count). The summed E-state index contributed by atoms with van der Waals surface area (Å²) < 4.78 is 44.4. The van der Waals surface area contributed by atoms with E-state index >= 15 is 0 Å². The van der Waals surface area contributed by atoms with Gasteiger partial charge in [-0.2, -0.15) is 13.2 Å². The number of furan rings is 1. The van der Waals surface area contributed by atoms with Crippen molar-refractivity contribution in [2.75, 3.05) is 0 Å². The summed E-state index contributed by atoms with van der Waals surface area (Å²) in [6, 6.07) is 9.48. The SMILES string of the molecule is FC(F)(F)C1=NN=C(c2ccc(Cl)cc2)/C1=C/c1ccco1. The average molecular weight is 325 g/mol. The number of hydrogen-bond donors (Lipinski definition) is 0. The molecule has 0 saturated heterocycles. The Morgan fingerprint density at radius 1 is 1.05 bits per heavy atom. The number of alkyl halides is 3. The first kappa shape index (κ1) is 14.6. The van der Waals surface area contributed by atoms with Crippen LogP contribution in [-0.4, -0.2) is 17.6 Å². The van der Waals surface area contributed by atoms with E-state index in [4.69, 9.17) is 16.0 Å². The Labute approximate surface area is 128 Å². The van der Waals surface area contributed by atoms with Crippen LogP contribution in [0.3, 0.4) is 0 Å². The van der Waals surface area contributed by atoms with Gasteiger partial charge in [0, 0.05) is 16.2 Å². The minimum absolute atomic E-state index is 0.125. The van der Waals surface area contributed by atoms with Gasteiger partial charge in [0.15, 0.2) is 5.71 Å². The third-order valence-corrected chi connectivity index (χ3v) is 3.23. The summed E-state index contributed by atoms with van der Waals surface area (Å²) in [4.78, 5) is 0. The van der Waals surface area contributed by atoms with Gasteiger partial charge in [0.25, 0.3) is 0 Å². The fraction of sp³-hybridized carbons (Fsp3) is 0.0667. The van der Waals surface area contributed by atoms with Gasteiger partial charge in [-0.25, -0.2) is 0 Å². The van der Waals surface area contributed by atoms with Gasteiger partial charge < -0.3 is 4.42 Å². The number of nitrogens with zero attached hydrogens (tertiary/aromatic N) is 2. The lowest BCUT2D eigenvalue weighted by Crippen LogP contribution is -2.25. The second-order valence-corrected chi connectivity index (χ2v) is 4.91. The maximum absolute atomic E-state index is 13.1. The van der Waals surface area contributed by atoms with Crippen molar-refractivity contribution < 1.29 is 17.6 Å². The molecule has 7 heteroatoms. The number of rotatable bonds is 2. The van der Waals surface area contributed by atoms with Crippen LogP contribution < -0.4 is 0 Å². The Kier molecular flexibility index (Phi) is 3.62. The quantitative estimate of drug-likeness (QED) is 0.786. The molecule has 0 atom stereocenters. The zero-order valence-electron chi connectivity index (χ0n) is 10.9. The third kappa shape index (κ3) is 2.82. The topological polar surface area (TPSA) is 37.9 Å². The molecular weight excluding hydrogens is 317 g/mol. The molecule has 0 saturated carbocycles. The fourth-order valence-corrected chi connectivity index (χ4v) is 2.13. The predicted octanol–water partition coefficient (Wildman–Crippen LogP) is 4.74. The minimum Gasteiger partial charge on any atom is -0.465 e. The van der Waals surface area contributed by atoms with Gasteiger partial charge in [0.05, 0.1) is 6.26 Å². The number of hydrogen-bond acceptors (Lipinski definition) is 3. The smallest absolute Gasteiger partial charge is 0.435 e. The number of benzene rings is 1. The maximum atomic E-state index is 13.1. The summed E-state index contributed by atoms with van der Waals surface area (Å²) in [6.07, 6.45) is -1.95. The maximum Gasteiger partial charge on any atom is 0.435 e. The second kappa shape index (κ2) is 5.46. The highest BCUT2D eigenvalue weighted by Gasteiger charge is 2.42. The lowest BCUT2D eigenvalue weighted by Gasteiger charge is -2.09. The highest BCUT2D eigenvalue weighted by molar-refractivity contribution is 6.36. The predicted molar refractivity (Wildman–Crippen MR) is 78.2 cm³/mol. The molecule has 1 aromatic heterocycles. The van der Waals surface area contributed by atoms with Crippen molar-refractivity contribution in [2.24, 2.45) is 10.2 Å². The molecule has 0 radical (unpaired) electrons. The Hall–Kier alpha value is -2.34. The van der Waals surface area contributed by atoms with E-state index in [2.05, 4.69) is 10.2 Å². The summed E-state index contributed by atoms with van der Waals surface area (Å²) >= 11 is 5.79. The Morgan fingerprint density at radius 3 is 2.36 bits per heavy atom. The molecule has 0 bridgehead atoms. The van der Waals surface area contributed by atoms with Gasteiger partial charge in [-0.05, 0) is 30.3 Å². The summed E-state index contributed by atoms with van der Waals surface area (Å²) in [5.74, 6) is 0.288. The van der Waals surface area contributed by atoms with E-state index in [1.54, 1.807) is 36.4 Å². The van der Waals surface area contributed by atoms with Crippen LogP contribution in [0.5, 0.6) is 0 Å². The third-order valence-electron chi connectivity index (χ3n) is 2.98.